The summed E-state index contributed by atoms with van der Waals surface area (Å²) < 4.78 is 10.8. The van der Waals surface area contributed by atoms with Crippen molar-refractivity contribution in [3.63, 3.8) is 0 Å². The molecule has 1 aliphatic rings. The molecule has 0 aromatic heterocycles. The van der Waals surface area contributed by atoms with Crippen molar-refractivity contribution in [2.45, 2.75) is 38.8 Å². The highest BCUT2D eigenvalue weighted by Gasteiger charge is 2.39. The number of carbonyl (C=O) groups excluding carboxylic acids is 1. The monoisotopic (exact) mass is 321 g/mol. The van der Waals surface area contributed by atoms with Crippen LogP contribution in [0.15, 0.2) is 18.2 Å². The molecule has 1 fully saturated rings. The lowest BCUT2D eigenvalue weighted by atomic mass is 10.1. The number of methoxy groups -OCH3 is 1. The molecule has 1 saturated heterocycles. The fourth-order valence-corrected chi connectivity index (χ4v) is 2.83. The van der Waals surface area contributed by atoms with E-state index in [4.69, 9.17) is 9.47 Å². The summed E-state index contributed by atoms with van der Waals surface area (Å²) in [5, 5.41) is 9.23. The molecule has 1 heterocycles. The smallest absolute Gasteiger partial charge is 0.326 e. The van der Waals surface area contributed by atoms with E-state index < -0.39 is 12.0 Å². The number of rotatable bonds is 6. The molecule has 0 aliphatic carbocycles. The number of benzene rings is 1. The Labute approximate surface area is 136 Å². The summed E-state index contributed by atoms with van der Waals surface area (Å²) in [6.07, 6.45) is 0.253. The maximum Gasteiger partial charge on any atom is 0.326 e. The summed E-state index contributed by atoms with van der Waals surface area (Å²) in [6.45, 7) is 4.50. The topological polar surface area (TPSA) is 76.1 Å². The molecular formula is C17H23NO5. The Bertz CT molecular complexity index is 586. The summed E-state index contributed by atoms with van der Waals surface area (Å²) >= 11 is 0. The van der Waals surface area contributed by atoms with Crippen LogP contribution < -0.4 is 4.74 Å². The second-order valence-electron chi connectivity index (χ2n) is 5.86. The second-order valence-corrected chi connectivity index (χ2v) is 5.86. The molecule has 6 heteroatoms. The summed E-state index contributed by atoms with van der Waals surface area (Å²) in [5.41, 5.74) is 2.17. The molecule has 1 aromatic rings. The molecule has 0 radical (unpaired) electrons. The maximum atomic E-state index is 12.3. The highest BCUT2D eigenvalue weighted by Crippen LogP contribution is 2.22. The van der Waals surface area contributed by atoms with Crippen molar-refractivity contribution in [3.05, 3.63) is 29.3 Å². The normalized spacial score (nSPS) is 20.6. The first-order valence-electron chi connectivity index (χ1n) is 7.67. The van der Waals surface area contributed by atoms with Gasteiger partial charge in [-0.15, -0.1) is 0 Å². The van der Waals surface area contributed by atoms with Crippen molar-refractivity contribution < 1.29 is 24.2 Å². The summed E-state index contributed by atoms with van der Waals surface area (Å²) in [4.78, 5) is 24.9. The van der Waals surface area contributed by atoms with E-state index in [0.717, 1.165) is 16.9 Å². The lowest BCUT2D eigenvalue weighted by Gasteiger charge is -2.21. The molecule has 0 saturated carbocycles. The van der Waals surface area contributed by atoms with E-state index >= 15 is 0 Å². The minimum absolute atomic E-state index is 0.146. The third-order valence-electron chi connectivity index (χ3n) is 4.11. The van der Waals surface area contributed by atoms with Crippen LogP contribution >= 0.6 is 0 Å². The van der Waals surface area contributed by atoms with Gasteiger partial charge in [0, 0.05) is 20.1 Å². The number of aliphatic carboxylic acids is 1. The number of carboxylic acids is 1. The van der Waals surface area contributed by atoms with E-state index in [1.54, 1.807) is 0 Å². The number of ether oxygens (including phenoxy) is 2. The number of nitrogens with zero attached hydrogens (tertiary/aromatic N) is 1. The number of likely N-dealkylation sites (tertiary alicyclic amines) is 1. The van der Waals surface area contributed by atoms with E-state index in [9.17, 15) is 14.7 Å². The highest BCUT2D eigenvalue weighted by molar-refractivity contribution is 5.84. The van der Waals surface area contributed by atoms with Crippen LogP contribution in [-0.4, -0.2) is 54.3 Å². The molecule has 1 N–H and O–H groups in total. The minimum Gasteiger partial charge on any atom is -0.493 e. The SMILES string of the molecule is COC1CC(C(=O)O)N(C(=O)CCOc2ccc(C)cc2C)C1. The predicted molar refractivity (Wildman–Crippen MR) is 84.6 cm³/mol. The van der Waals surface area contributed by atoms with Gasteiger partial charge in [-0.3, -0.25) is 4.79 Å². The molecule has 2 atom stereocenters. The van der Waals surface area contributed by atoms with E-state index in [1.165, 1.54) is 12.0 Å². The molecule has 0 bridgehead atoms. The molecule has 1 amide bonds. The number of hydrogen-bond donors (Lipinski definition) is 1. The van der Waals surface area contributed by atoms with Gasteiger partial charge in [-0.1, -0.05) is 17.7 Å². The Kier molecular flexibility index (Phi) is 5.60. The number of hydrogen-bond acceptors (Lipinski definition) is 4. The van der Waals surface area contributed by atoms with Crippen molar-refractivity contribution in [1.29, 1.82) is 0 Å². The lowest BCUT2D eigenvalue weighted by Crippen LogP contribution is -2.41. The van der Waals surface area contributed by atoms with Crippen molar-refractivity contribution in [2.75, 3.05) is 20.3 Å². The van der Waals surface area contributed by atoms with Gasteiger partial charge in [0.1, 0.15) is 11.8 Å². The van der Waals surface area contributed by atoms with Gasteiger partial charge in [0.15, 0.2) is 0 Å². The van der Waals surface area contributed by atoms with Crippen LogP contribution in [0.5, 0.6) is 5.75 Å². The van der Waals surface area contributed by atoms with Gasteiger partial charge in [0.2, 0.25) is 5.91 Å². The zero-order chi connectivity index (χ0) is 17.0. The van der Waals surface area contributed by atoms with Crippen molar-refractivity contribution >= 4 is 11.9 Å². The van der Waals surface area contributed by atoms with E-state index in [-0.39, 0.29) is 25.0 Å². The van der Waals surface area contributed by atoms with Crippen LogP contribution in [0.1, 0.15) is 24.0 Å². The van der Waals surface area contributed by atoms with Crippen LogP contribution in [0.2, 0.25) is 0 Å². The highest BCUT2D eigenvalue weighted by atomic mass is 16.5. The minimum atomic E-state index is -0.992. The lowest BCUT2D eigenvalue weighted by molar-refractivity contribution is -0.148. The van der Waals surface area contributed by atoms with Gasteiger partial charge >= 0.3 is 5.97 Å². The number of carbonyl (C=O) groups is 2. The van der Waals surface area contributed by atoms with Crippen LogP contribution in [0.4, 0.5) is 0 Å². The van der Waals surface area contributed by atoms with Crippen molar-refractivity contribution in [3.8, 4) is 5.75 Å². The Morgan fingerprint density at radius 3 is 2.70 bits per heavy atom. The van der Waals surface area contributed by atoms with Gasteiger partial charge in [0.05, 0.1) is 19.1 Å². The summed E-state index contributed by atoms with van der Waals surface area (Å²) in [5.74, 6) is -0.468. The average Bonchev–Trinajstić information content (AvgIpc) is 2.94. The Morgan fingerprint density at radius 2 is 2.09 bits per heavy atom. The van der Waals surface area contributed by atoms with Crippen molar-refractivity contribution in [1.82, 2.24) is 4.90 Å². The molecule has 0 spiro atoms. The largest absolute Gasteiger partial charge is 0.493 e. The molecule has 1 aliphatic heterocycles. The van der Waals surface area contributed by atoms with Crippen LogP contribution in [0.3, 0.4) is 0 Å². The van der Waals surface area contributed by atoms with Gasteiger partial charge in [-0.05, 0) is 25.5 Å². The number of amides is 1. The van der Waals surface area contributed by atoms with E-state index in [1.807, 2.05) is 32.0 Å². The Balaban J connectivity index is 1.90. The third kappa shape index (κ3) is 4.22. The van der Waals surface area contributed by atoms with E-state index in [2.05, 4.69) is 0 Å². The van der Waals surface area contributed by atoms with E-state index in [0.29, 0.717) is 13.0 Å². The quantitative estimate of drug-likeness (QED) is 0.864. The van der Waals surface area contributed by atoms with Gasteiger partial charge in [0.25, 0.3) is 0 Å². The molecule has 126 valence electrons. The number of carboxylic acid groups (broad SMARTS) is 1. The Hall–Kier alpha value is -2.08. The molecule has 2 rings (SSSR count). The molecule has 1 aromatic carbocycles. The third-order valence-corrected chi connectivity index (χ3v) is 4.11. The van der Waals surface area contributed by atoms with Crippen LogP contribution in [0, 0.1) is 13.8 Å². The first kappa shape index (κ1) is 17.3. The summed E-state index contributed by atoms with van der Waals surface area (Å²) in [6, 6.07) is 5.04. The fourth-order valence-electron chi connectivity index (χ4n) is 2.83. The average molecular weight is 321 g/mol. The van der Waals surface area contributed by atoms with Crippen LogP contribution in [-0.2, 0) is 14.3 Å². The van der Waals surface area contributed by atoms with Crippen LogP contribution in [0.25, 0.3) is 0 Å². The van der Waals surface area contributed by atoms with Gasteiger partial charge < -0.3 is 19.5 Å². The van der Waals surface area contributed by atoms with Crippen molar-refractivity contribution in [2.24, 2.45) is 0 Å². The maximum absolute atomic E-state index is 12.3. The second kappa shape index (κ2) is 7.46. The molecule has 6 nitrogen and oxygen atoms in total. The van der Waals surface area contributed by atoms with Gasteiger partial charge in [-0.25, -0.2) is 4.79 Å². The molecule has 23 heavy (non-hydrogen) atoms. The Morgan fingerprint density at radius 1 is 1.35 bits per heavy atom. The summed E-state index contributed by atoms with van der Waals surface area (Å²) in [7, 11) is 1.53. The van der Waals surface area contributed by atoms with Gasteiger partial charge in [-0.2, -0.15) is 0 Å². The zero-order valence-corrected chi connectivity index (χ0v) is 13.7. The zero-order valence-electron chi connectivity index (χ0n) is 13.7. The first-order valence-corrected chi connectivity index (χ1v) is 7.67. The predicted octanol–water partition coefficient (Wildman–Crippen LogP) is 1.77. The molecule has 2 unspecified atom stereocenters. The first-order chi connectivity index (χ1) is 10.9. The number of aryl methyl sites for hydroxylation is 2. The molecular weight excluding hydrogens is 298 g/mol. The fraction of sp³-hybridized carbons (Fsp3) is 0.529. The standard InChI is InChI=1S/C17H23NO5/c1-11-4-5-15(12(2)8-11)23-7-6-16(19)18-10-13(22-3)9-14(18)17(20)21/h4-5,8,13-14H,6-7,9-10H2,1-3H3,(H,20,21).